The van der Waals surface area contributed by atoms with Gasteiger partial charge in [0.05, 0.1) is 40.9 Å². The molecule has 0 aliphatic carbocycles. The van der Waals surface area contributed by atoms with Gasteiger partial charge in [-0.15, -0.1) is 48.6 Å². The molecule has 3 atom stereocenters. The van der Waals surface area contributed by atoms with E-state index in [1.54, 1.807) is 11.3 Å². The summed E-state index contributed by atoms with van der Waals surface area (Å²) in [5.74, 6) is -0.201. The van der Waals surface area contributed by atoms with Crippen LogP contribution in [0.25, 0.3) is 10.4 Å². The van der Waals surface area contributed by atoms with Crippen molar-refractivity contribution in [2.24, 2.45) is 0 Å². The highest BCUT2D eigenvalue weighted by atomic mass is 35.5. The summed E-state index contributed by atoms with van der Waals surface area (Å²) in [7, 11) is 0. The van der Waals surface area contributed by atoms with Gasteiger partial charge in [-0.2, -0.15) is 0 Å². The van der Waals surface area contributed by atoms with Crippen molar-refractivity contribution in [3.05, 3.63) is 41.0 Å². The van der Waals surface area contributed by atoms with Crippen LogP contribution in [0, 0.1) is 6.92 Å². The number of aryl methyl sites for hydroxylation is 1. The normalized spacial score (nSPS) is 19.2. The second-order valence-corrected chi connectivity index (χ2v) is 6.84. The number of benzene rings is 1. The molecule has 1 aromatic carbocycles. The lowest BCUT2D eigenvalue weighted by Crippen LogP contribution is -2.42. The maximum Gasteiger partial charge on any atom is 0.237 e. The van der Waals surface area contributed by atoms with Crippen molar-refractivity contribution in [3.8, 4) is 10.4 Å². The molecule has 3 rings (SSSR count). The van der Waals surface area contributed by atoms with Crippen LogP contribution >= 0.6 is 48.6 Å². The van der Waals surface area contributed by atoms with Crippen LogP contribution in [0.4, 0.5) is 0 Å². The van der Waals surface area contributed by atoms with Crippen molar-refractivity contribution in [3.63, 3.8) is 0 Å². The Morgan fingerprint density at radius 2 is 2.00 bits per heavy atom. The van der Waals surface area contributed by atoms with Crippen LogP contribution in [0.1, 0.15) is 23.7 Å². The number of β-amino-alcohol motifs (C(OH)–C–C–N with tert-alkyl or cyclic N) is 1. The van der Waals surface area contributed by atoms with Gasteiger partial charge in [-0.25, -0.2) is 4.98 Å². The lowest BCUT2D eigenvalue weighted by atomic mass is 10.0. The topological polar surface area (TPSA) is 94.5 Å². The van der Waals surface area contributed by atoms with Gasteiger partial charge < -0.3 is 20.8 Å². The molecule has 2 heterocycles. The smallest absolute Gasteiger partial charge is 0.237 e. The fourth-order valence-electron chi connectivity index (χ4n) is 2.87. The number of nitrogens with zero attached hydrogens (tertiary/aromatic N) is 1. The molecule has 0 radical (unpaired) electrons. The van der Waals surface area contributed by atoms with E-state index in [0.29, 0.717) is 13.0 Å². The molecule has 152 valence electrons. The molecular weight excluding hydrogens is 433 g/mol. The van der Waals surface area contributed by atoms with Crippen LogP contribution in [-0.4, -0.2) is 46.4 Å². The second kappa shape index (κ2) is 11.8. The Morgan fingerprint density at radius 1 is 1.33 bits per heavy atom. The number of aliphatic hydroxyl groups excluding tert-OH is 2. The maximum absolute atomic E-state index is 12.2. The van der Waals surface area contributed by atoms with E-state index in [-0.39, 0.29) is 49.7 Å². The first-order valence-electron chi connectivity index (χ1n) is 7.91. The zero-order valence-corrected chi connectivity index (χ0v) is 17.9. The first kappa shape index (κ1) is 26.1. The SMILES string of the molecule is Cc1ncsc1-c1ccc([C@H](CO)NC(=O)[C@@H]2CC(O)CN2)cc1.Cl.Cl.Cl. The highest BCUT2D eigenvalue weighted by Gasteiger charge is 2.29. The summed E-state index contributed by atoms with van der Waals surface area (Å²) in [6, 6.07) is 6.89. The minimum atomic E-state index is -0.491. The average Bonchev–Trinajstić information content (AvgIpc) is 3.21. The van der Waals surface area contributed by atoms with Gasteiger partial charge in [-0.1, -0.05) is 24.3 Å². The van der Waals surface area contributed by atoms with Gasteiger partial charge in [-0.05, 0) is 24.5 Å². The number of hydrogen-bond donors (Lipinski definition) is 4. The first-order chi connectivity index (χ1) is 11.6. The Morgan fingerprint density at radius 3 is 2.48 bits per heavy atom. The summed E-state index contributed by atoms with van der Waals surface area (Å²) in [4.78, 5) is 17.6. The summed E-state index contributed by atoms with van der Waals surface area (Å²) in [5, 5.41) is 24.9. The molecule has 6 nitrogen and oxygen atoms in total. The van der Waals surface area contributed by atoms with E-state index in [1.807, 2.05) is 36.7 Å². The van der Waals surface area contributed by atoms with Crippen LogP contribution < -0.4 is 10.6 Å². The molecule has 1 aliphatic rings. The van der Waals surface area contributed by atoms with Gasteiger partial charge in [0.25, 0.3) is 0 Å². The van der Waals surface area contributed by atoms with Crippen LogP contribution in [0.15, 0.2) is 29.8 Å². The number of carbonyl (C=O) groups excluding carboxylic acids is 1. The lowest BCUT2D eigenvalue weighted by molar-refractivity contribution is -0.124. The summed E-state index contributed by atoms with van der Waals surface area (Å²) < 4.78 is 0. The van der Waals surface area contributed by atoms with Gasteiger partial charge >= 0.3 is 0 Å². The van der Waals surface area contributed by atoms with Gasteiger partial charge in [0.15, 0.2) is 0 Å². The standard InChI is InChI=1S/C17H21N3O3S.3ClH/c1-10-16(24-9-19-10)12-4-2-11(3-5-12)15(8-21)20-17(23)14-6-13(22)7-18-14;;;/h2-5,9,13-15,18,21-22H,6-8H2,1H3,(H,20,23);3*1H/t13?,14-,15-;;;/m0.../s1. The van der Waals surface area contributed by atoms with Gasteiger partial charge in [-0.3, -0.25) is 4.79 Å². The van der Waals surface area contributed by atoms with Crippen molar-refractivity contribution in [2.45, 2.75) is 31.5 Å². The van der Waals surface area contributed by atoms with Gasteiger partial charge in [0.1, 0.15) is 0 Å². The molecule has 1 amide bonds. The van der Waals surface area contributed by atoms with Crippen LogP contribution in [0.3, 0.4) is 0 Å². The maximum atomic E-state index is 12.2. The molecule has 0 saturated carbocycles. The number of carbonyl (C=O) groups is 1. The quantitative estimate of drug-likeness (QED) is 0.554. The fraction of sp³-hybridized carbons (Fsp3) is 0.412. The number of amides is 1. The third-order valence-electron chi connectivity index (χ3n) is 4.24. The minimum Gasteiger partial charge on any atom is -0.394 e. The second-order valence-electron chi connectivity index (χ2n) is 5.98. The van der Waals surface area contributed by atoms with E-state index in [4.69, 9.17) is 0 Å². The number of halogens is 3. The van der Waals surface area contributed by atoms with Crippen molar-refractivity contribution < 1.29 is 15.0 Å². The number of hydrogen-bond acceptors (Lipinski definition) is 6. The lowest BCUT2D eigenvalue weighted by Gasteiger charge is -2.19. The average molecular weight is 457 g/mol. The van der Waals surface area contributed by atoms with E-state index in [2.05, 4.69) is 15.6 Å². The number of thiazole rings is 1. The Balaban J connectivity index is 0.00000225. The molecule has 1 aromatic heterocycles. The Kier molecular flexibility index (Phi) is 11.4. The highest BCUT2D eigenvalue weighted by Crippen LogP contribution is 2.28. The number of nitrogens with one attached hydrogen (secondary N) is 2. The molecule has 1 aliphatic heterocycles. The Labute approximate surface area is 181 Å². The van der Waals surface area contributed by atoms with Crippen molar-refractivity contribution in [1.82, 2.24) is 15.6 Å². The number of aliphatic hydroxyl groups is 2. The number of rotatable bonds is 5. The zero-order valence-electron chi connectivity index (χ0n) is 14.6. The molecular formula is C17H24Cl3N3O3S. The summed E-state index contributed by atoms with van der Waals surface area (Å²) >= 11 is 1.59. The van der Waals surface area contributed by atoms with Gasteiger partial charge in [0, 0.05) is 6.54 Å². The van der Waals surface area contributed by atoms with E-state index in [1.165, 1.54) is 0 Å². The van der Waals surface area contributed by atoms with Crippen LogP contribution in [-0.2, 0) is 4.79 Å². The zero-order chi connectivity index (χ0) is 17.1. The summed E-state index contributed by atoms with van der Waals surface area (Å²) in [5.41, 5.74) is 4.72. The summed E-state index contributed by atoms with van der Waals surface area (Å²) in [6.07, 6.45) is -0.0941. The van der Waals surface area contributed by atoms with Crippen molar-refractivity contribution in [2.75, 3.05) is 13.2 Å². The van der Waals surface area contributed by atoms with Crippen molar-refractivity contribution in [1.29, 1.82) is 0 Å². The molecule has 1 unspecified atom stereocenters. The molecule has 1 fully saturated rings. The predicted molar refractivity (Wildman–Crippen MR) is 114 cm³/mol. The van der Waals surface area contributed by atoms with Crippen LogP contribution in [0.5, 0.6) is 0 Å². The largest absolute Gasteiger partial charge is 0.394 e. The molecule has 0 bridgehead atoms. The van der Waals surface area contributed by atoms with E-state index in [0.717, 1.165) is 21.7 Å². The highest BCUT2D eigenvalue weighted by molar-refractivity contribution is 7.13. The molecule has 27 heavy (non-hydrogen) atoms. The van der Waals surface area contributed by atoms with Gasteiger partial charge in [0.2, 0.25) is 5.91 Å². The fourth-order valence-corrected chi connectivity index (χ4v) is 3.68. The van der Waals surface area contributed by atoms with Crippen molar-refractivity contribution >= 4 is 54.5 Å². The first-order valence-corrected chi connectivity index (χ1v) is 8.79. The van der Waals surface area contributed by atoms with Crippen LogP contribution in [0.2, 0.25) is 0 Å². The third kappa shape index (κ3) is 6.29. The Hall–Kier alpha value is -0.930. The molecule has 4 N–H and O–H groups in total. The Bertz CT molecular complexity index is 715. The molecule has 2 aromatic rings. The number of aromatic nitrogens is 1. The summed E-state index contributed by atoms with van der Waals surface area (Å²) in [6.45, 7) is 2.21. The molecule has 1 saturated heterocycles. The minimum absolute atomic E-state index is 0. The van der Waals surface area contributed by atoms with E-state index < -0.39 is 18.2 Å². The molecule has 10 heteroatoms. The molecule has 0 spiro atoms. The predicted octanol–water partition coefficient (Wildman–Crippen LogP) is 2.26. The third-order valence-corrected chi connectivity index (χ3v) is 5.22. The van der Waals surface area contributed by atoms with E-state index in [9.17, 15) is 15.0 Å². The monoisotopic (exact) mass is 455 g/mol. The van der Waals surface area contributed by atoms with E-state index >= 15 is 0 Å².